The number of halogens is 1. The van der Waals surface area contributed by atoms with E-state index in [9.17, 15) is 14.0 Å². The number of hydrogen-bond donors (Lipinski definition) is 1. The van der Waals surface area contributed by atoms with Crippen LogP contribution in [0.3, 0.4) is 0 Å². The van der Waals surface area contributed by atoms with Crippen LogP contribution in [0.5, 0.6) is 0 Å². The second-order valence-corrected chi connectivity index (χ2v) is 6.41. The van der Waals surface area contributed by atoms with E-state index in [1.54, 1.807) is 4.90 Å². The molecule has 0 spiro atoms. The highest BCUT2D eigenvalue weighted by molar-refractivity contribution is 7.09. The van der Waals surface area contributed by atoms with Crippen molar-refractivity contribution in [2.45, 2.75) is 25.8 Å². The number of benzene rings is 1. The highest BCUT2D eigenvalue weighted by atomic mass is 32.1. The Morgan fingerprint density at radius 2 is 2.09 bits per heavy atom. The summed E-state index contributed by atoms with van der Waals surface area (Å²) >= 11 is 1.50. The maximum absolute atomic E-state index is 13.6. The quantitative estimate of drug-likeness (QED) is 0.935. The molecule has 1 unspecified atom stereocenters. The van der Waals surface area contributed by atoms with Crippen molar-refractivity contribution >= 4 is 23.2 Å². The van der Waals surface area contributed by atoms with Crippen LogP contribution in [0, 0.1) is 12.7 Å². The molecule has 1 atom stereocenters. The number of nitrogens with zero attached hydrogens (tertiary/aromatic N) is 2. The minimum Gasteiger partial charge on any atom is -0.478 e. The topological polar surface area (TPSA) is 70.5 Å². The van der Waals surface area contributed by atoms with E-state index in [0.29, 0.717) is 6.54 Å². The summed E-state index contributed by atoms with van der Waals surface area (Å²) in [5.41, 5.74) is 0.736. The van der Waals surface area contributed by atoms with Gasteiger partial charge in [0, 0.05) is 23.2 Å². The van der Waals surface area contributed by atoms with Gasteiger partial charge in [-0.3, -0.25) is 4.79 Å². The van der Waals surface area contributed by atoms with Gasteiger partial charge in [-0.1, -0.05) is 0 Å². The first-order valence-electron chi connectivity index (χ1n) is 7.22. The number of carboxylic acids is 1. The summed E-state index contributed by atoms with van der Waals surface area (Å²) in [6.07, 6.45) is 1.65. The molecule has 23 heavy (non-hydrogen) atoms. The number of amides is 1. The molecule has 1 aliphatic rings. The fraction of sp³-hybridized carbons (Fsp3) is 0.312. The Labute approximate surface area is 136 Å². The van der Waals surface area contributed by atoms with Crippen molar-refractivity contribution < 1.29 is 19.1 Å². The minimum atomic E-state index is -1.26. The molecule has 1 N–H and O–H groups in total. The van der Waals surface area contributed by atoms with Crippen LogP contribution in [0.1, 0.15) is 50.3 Å². The molecule has 1 aromatic carbocycles. The Morgan fingerprint density at radius 3 is 2.74 bits per heavy atom. The van der Waals surface area contributed by atoms with E-state index in [-0.39, 0.29) is 23.1 Å². The fourth-order valence-corrected chi connectivity index (χ4v) is 3.74. The predicted molar refractivity (Wildman–Crippen MR) is 83.2 cm³/mol. The van der Waals surface area contributed by atoms with E-state index in [0.717, 1.165) is 35.7 Å². The van der Waals surface area contributed by atoms with Crippen molar-refractivity contribution in [3.8, 4) is 0 Å². The third-order valence-corrected chi connectivity index (χ3v) is 4.89. The lowest BCUT2D eigenvalue weighted by Gasteiger charge is -2.23. The van der Waals surface area contributed by atoms with Gasteiger partial charge < -0.3 is 10.0 Å². The average Bonchev–Trinajstić information content (AvgIpc) is 3.14. The van der Waals surface area contributed by atoms with E-state index < -0.39 is 11.8 Å². The lowest BCUT2D eigenvalue weighted by atomic mass is 10.1. The number of aromatic nitrogens is 1. The first-order chi connectivity index (χ1) is 11.0. The molecule has 2 heterocycles. The zero-order chi connectivity index (χ0) is 16.6. The van der Waals surface area contributed by atoms with Crippen molar-refractivity contribution in [3.63, 3.8) is 0 Å². The van der Waals surface area contributed by atoms with Crippen LogP contribution in [0.4, 0.5) is 4.39 Å². The van der Waals surface area contributed by atoms with Crippen LogP contribution in [0.2, 0.25) is 0 Å². The van der Waals surface area contributed by atoms with Gasteiger partial charge >= 0.3 is 5.97 Å². The molecular formula is C16H15FN2O3S. The summed E-state index contributed by atoms with van der Waals surface area (Å²) in [6, 6.07) is 3.08. The minimum absolute atomic E-state index is 0.0579. The summed E-state index contributed by atoms with van der Waals surface area (Å²) in [5.74, 6) is -2.34. The van der Waals surface area contributed by atoms with Crippen molar-refractivity contribution in [1.82, 2.24) is 9.88 Å². The lowest BCUT2D eigenvalue weighted by molar-refractivity contribution is 0.0696. The Hall–Kier alpha value is -2.28. The maximum atomic E-state index is 13.6. The molecule has 1 aliphatic heterocycles. The smallest absolute Gasteiger partial charge is 0.335 e. The SMILES string of the molecule is Cc1csc(C2CCCN2C(=O)c2cc(F)cc(C(=O)O)c2)n1. The predicted octanol–water partition coefficient (Wildman–Crippen LogP) is 3.27. The van der Waals surface area contributed by atoms with Gasteiger partial charge in [0.05, 0.1) is 11.6 Å². The third-order valence-electron chi connectivity index (χ3n) is 3.83. The Balaban J connectivity index is 1.91. The van der Waals surface area contributed by atoms with Gasteiger partial charge in [0.1, 0.15) is 10.8 Å². The number of carbonyl (C=O) groups excluding carboxylic acids is 1. The highest BCUT2D eigenvalue weighted by Crippen LogP contribution is 2.34. The molecule has 1 saturated heterocycles. The van der Waals surface area contributed by atoms with Gasteiger partial charge in [-0.15, -0.1) is 11.3 Å². The zero-order valence-corrected chi connectivity index (χ0v) is 13.3. The van der Waals surface area contributed by atoms with E-state index in [1.165, 1.54) is 17.4 Å². The number of likely N-dealkylation sites (tertiary alicyclic amines) is 1. The van der Waals surface area contributed by atoms with Crippen LogP contribution in [-0.2, 0) is 0 Å². The molecule has 1 fully saturated rings. The van der Waals surface area contributed by atoms with Crippen LogP contribution in [-0.4, -0.2) is 33.4 Å². The van der Waals surface area contributed by atoms with E-state index >= 15 is 0 Å². The third kappa shape index (κ3) is 3.10. The molecule has 0 saturated carbocycles. The fourth-order valence-electron chi connectivity index (χ4n) is 2.79. The van der Waals surface area contributed by atoms with Crippen LogP contribution < -0.4 is 0 Å². The van der Waals surface area contributed by atoms with Crippen molar-refractivity contribution in [2.75, 3.05) is 6.54 Å². The van der Waals surface area contributed by atoms with E-state index in [4.69, 9.17) is 5.11 Å². The molecule has 5 nitrogen and oxygen atoms in total. The van der Waals surface area contributed by atoms with Gasteiger partial charge in [0.15, 0.2) is 0 Å². The molecule has 3 rings (SSSR count). The van der Waals surface area contributed by atoms with Crippen LogP contribution in [0.25, 0.3) is 0 Å². The number of thiazole rings is 1. The number of rotatable bonds is 3. The molecule has 0 radical (unpaired) electrons. The number of aromatic carboxylic acids is 1. The van der Waals surface area contributed by atoms with Gasteiger partial charge in [0.2, 0.25) is 0 Å². The van der Waals surface area contributed by atoms with Gasteiger partial charge in [-0.2, -0.15) is 0 Å². The summed E-state index contributed by atoms with van der Waals surface area (Å²) in [5, 5.41) is 11.8. The van der Waals surface area contributed by atoms with Gasteiger partial charge in [0.25, 0.3) is 5.91 Å². The molecule has 1 aromatic heterocycles. The number of hydrogen-bond acceptors (Lipinski definition) is 4. The van der Waals surface area contributed by atoms with Crippen molar-refractivity contribution in [1.29, 1.82) is 0 Å². The number of aryl methyl sites for hydroxylation is 1. The highest BCUT2D eigenvalue weighted by Gasteiger charge is 2.32. The Morgan fingerprint density at radius 1 is 1.35 bits per heavy atom. The summed E-state index contributed by atoms with van der Waals surface area (Å²) < 4.78 is 13.6. The van der Waals surface area contributed by atoms with E-state index in [1.807, 2.05) is 12.3 Å². The summed E-state index contributed by atoms with van der Waals surface area (Å²) in [7, 11) is 0. The monoisotopic (exact) mass is 334 g/mol. The second kappa shape index (κ2) is 6.08. The summed E-state index contributed by atoms with van der Waals surface area (Å²) in [4.78, 5) is 29.8. The first-order valence-corrected chi connectivity index (χ1v) is 8.10. The standard InChI is InChI=1S/C16H15FN2O3S/c1-9-8-23-14(18-9)13-3-2-4-19(13)15(20)10-5-11(16(21)22)7-12(17)6-10/h5-8,13H,2-4H2,1H3,(H,21,22). The summed E-state index contributed by atoms with van der Waals surface area (Å²) in [6.45, 7) is 2.45. The lowest BCUT2D eigenvalue weighted by Crippen LogP contribution is -2.30. The molecule has 7 heteroatoms. The maximum Gasteiger partial charge on any atom is 0.335 e. The average molecular weight is 334 g/mol. The second-order valence-electron chi connectivity index (χ2n) is 5.52. The molecule has 1 amide bonds. The normalized spacial score (nSPS) is 17.5. The largest absolute Gasteiger partial charge is 0.478 e. The number of carbonyl (C=O) groups is 2. The van der Waals surface area contributed by atoms with Crippen molar-refractivity contribution in [2.24, 2.45) is 0 Å². The van der Waals surface area contributed by atoms with Crippen molar-refractivity contribution in [3.05, 3.63) is 51.2 Å². The number of carboxylic acid groups (broad SMARTS) is 1. The molecule has 2 aromatic rings. The molecule has 120 valence electrons. The van der Waals surface area contributed by atoms with Gasteiger partial charge in [-0.05, 0) is 38.0 Å². The van der Waals surface area contributed by atoms with E-state index in [2.05, 4.69) is 4.98 Å². The molecular weight excluding hydrogens is 319 g/mol. The Bertz CT molecular complexity index is 774. The van der Waals surface area contributed by atoms with Crippen LogP contribution >= 0.6 is 11.3 Å². The Kier molecular flexibility index (Phi) is 4.12. The zero-order valence-electron chi connectivity index (χ0n) is 12.5. The van der Waals surface area contributed by atoms with Crippen LogP contribution in [0.15, 0.2) is 23.6 Å². The molecule has 0 aliphatic carbocycles. The van der Waals surface area contributed by atoms with Gasteiger partial charge in [-0.25, -0.2) is 14.2 Å². The molecule has 0 bridgehead atoms. The first kappa shape index (κ1) is 15.6.